The fraction of sp³-hybridized carbons (Fsp3) is 0.333. The Balaban J connectivity index is 0.000000166. The molecule has 0 atom stereocenters. The molecule has 0 amide bonds. The van der Waals surface area contributed by atoms with Crippen molar-refractivity contribution >= 4 is 119 Å². The maximum absolute atomic E-state index is 6.24. The summed E-state index contributed by atoms with van der Waals surface area (Å²) in [5.74, 6) is 1.90. The van der Waals surface area contributed by atoms with E-state index in [4.69, 9.17) is 32.4 Å². The Kier molecular flexibility index (Phi) is 14.2. The van der Waals surface area contributed by atoms with Crippen LogP contribution in [-0.4, -0.2) is 58.7 Å². The van der Waals surface area contributed by atoms with Crippen molar-refractivity contribution < 1.29 is 9.47 Å². The summed E-state index contributed by atoms with van der Waals surface area (Å²) in [5, 5.41) is 9.95. The molecule has 0 saturated heterocycles. The first-order valence-electron chi connectivity index (χ1n) is 23.6. The van der Waals surface area contributed by atoms with Crippen LogP contribution in [0.3, 0.4) is 0 Å². The first-order chi connectivity index (χ1) is 32.4. The van der Waals surface area contributed by atoms with E-state index >= 15 is 0 Å². The van der Waals surface area contributed by atoms with Crippen LogP contribution in [0.25, 0.3) is 87.2 Å². The smallest absolute Gasteiger partial charge is 0.167 e. The third-order valence-corrected chi connectivity index (χ3v) is 14.3. The van der Waals surface area contributed by atoms with Gasteiger partial charge < -0.3 is 50.7 Å². The van der Waals surface area contributed by atoms with Gasteiger partial charge in [0.2, 0.25) is 0 Å². The summed E-state index contributed by atoms with van der Waals surface area (Å²) in [6.45, 7) is 6.50. The Morgan fingerprint density at radius 2 is 0.667 bits per heavy atom. The highest BCUT2D eigenvalue weighted by atomic mass is 79.9. The number of para-hydroxylation sites is 2. The second kappa shape index (κ2) is 20.4. The number of nitrogens with two attached hydrogens (primary N) is 4. The Morgan fingerprint density at radius 1 is 0.364 bits per heavy atom. The molecule has 0 bridgehead atoms. The molecule has 0 saturated carbocycles. The fourth-order valence-corrected chi connectivity index (χ4v) is 11.1. The molecule has 0 aliphatic rings. The van der Waals surface area contributed by atoms with E-state index in [9.17, 15) is 0 Å². The van der Waals surface area contributed by atoms with Crippen LogP contribution in [0.15, 0.2) is 106 Å². The number of unbranched alkanes of at least 4 members (excludes halogenated alkanes) is 4. The molecule has 10 aromatic rings. The van der Waals surface area contributed by atoms with E-state index in [0.717, 1.165) is 109 Å². The lowest BCUT2D eigenvalue weighted by molar-refractivity contribution is 0.419. The van der Waals surface area contributed by atoms with Gasteiger partial charge in [-0.15, -0.1) is 0 Å². The van der Waals surface area contributed by atoms with Gasteiger partial charge in [-0.25, -0.2) is 0 Å². The molecular weight excluding hydrogens is 952 g/mol. The van der Waals surface area contributed by atoms with Crippen LogP contribution in [0.2, 0.25) is 0 Å². The molecule has 4 aromatic heterocycles. The largest absolute Gasteiger partial charge is 0.492 e. The molecule has 66 heavy (non-hydrogen) atoms. The number of benzene rings is 6. The normalized spacial score (nSPS) is 12.0. The van der Waals surface area contributed by atoms with Crippen LogP contribution < -0.4 is 32.4 Å². The lowest BCUT2D eigenvalue weighted by Gasteiger charge is -2.14. The Labute approximate surface area is 403 Å². The van der Waals surface area contributed by atoms with Gasteiger partial charge in [0.05, 0.1) is 36.3 Å². The lowest BCUT2D eigenvalue weighted by atomic mass is 10.1. The van der Waals surface area contributed by atoms with Crippen molar-refractivity contribution in [2.75, 3.05) is 40.4 Å². The average Bonchev–Trinajstić information content (AvgIpc) is 4.03. The zero-order chi connectivity index (χ0) is 45.9. The van der Waals surface area contributed by atoms with E-state index in [2.05, 4.69) is 147 Å². The molecule has 0 fully saturated rings. The fourth-order valence-electron chi connectivity index (χ4n) is 10.4. The van der Waals surface area contributed by atoms with Gasteiger partial charge in [-0.1, -0.05) is 68.3 Å². The van der Waals surface area contributed by atoms with Crippen LogP contribution >= 0.6 is 31.9 Å². The number of nitrogens with zero attached hydrogens (tertiary/aromatic N) is 4. The van der Waals surface area contributed by atoms with Crippen molar-refractivity contribution in [2.24, 2.45) is 22.9 Å². The van der Waals surface area contributed by atoms with E-state index in [0.29, 0.717) is 26.2 Å². The standard InChI is InChI=1S/C27H30Br2N4O.C27H32N4O/c1-34-27-25-21(19-14-17(28)6-8-23(19)32(25)12-4-2-10-30)16-22-20-15-18(29)7-9-24(20)33(26(22)27)13-5-3-11-31;1-32-27-25-21(19-10-2-4-12-23(19)30(25)16-8-6-14-28)18-22-20-11-3-5-13-24(20)31(26(22)27)17-9-7-15-29/h6-9,14-16H,2-5,10-13,30-31H2,1H3;2-5,10-13,18H,6-9,14-17,28-29H2,1H3. The maximum atomic E-state index is 6.24. The molecule has 10 rings (SSSR count). The van der Waals surface area contributed by atoms with Crippen molar-refractivity contribution in [1.82, 2.24) is 18.3 Å². The number of aryl methyl sites for hydroxylation is 4. The van der Waals surface area contributed by atoms with Crippen molar-refractivity contribution in [3.8, 4) is 11.5 Å². The topological polar surface area (TPSA) is 142 Å². The Bertz CT molecular complexity index is 3130. The van der Waals surface area contributed by atoms with Crippen LogP contribution in [0, 0.1) is 0 Å². The highest BCUT2D eigenvalue weighted by Crippen LogP contribution is 2.46. The summed E-state index contributed by atoms with van der Waals surface area (Å²) in [5.41, 5.74) is 32.9. The first kappa shape index (κ1) is 46.0. The molecule has 0 spiro atoms. The van der Waals surface area contributed by atoms with Crippen molar-refractivity contribution in [2.45, 2.75) is 77.5 Å². The predicted molar refractivity (Wildman–Crippen MR) is 287 cm³/mol. The lowest BCUT2D eigenvalue weighted by Crippen LogP contribution is -2.05. The van der Waals surface area contributed by atoms with E-state index in [1.165, 1.54) is 76.2 Å². The zero-order valence-electron chi connectivity index (χ0n) is 38.2. The summed E-state index contributed by atoms with van der Waals surface area (Å²) < 4.78 is 24.3. The van der Waals surface area contributed by atoms with E-state index in [1.54, 1.807) is 14.2 Å². The third kappa shape index (κ3) is 8.24. The molecule has 6 aromatic carbocycles. The Hall–Kier alpha value is -5.08. The molecule has 0 aliphatic carbocycles. The molecule has 10 nitrogen and oxygen atoms in total. The SMILES string of the molecule is COc1c2c(cc3c4cc(Br)ccc4n(CCCCN)c13)c1cc(Br)ccc1n2CCCCN.COc1c2c(cc3c4ccccc4n(CCCCN)c13)c1ccccc1n2CCCCN. The van der Waals surface area contributed by atoms with Gasteiger partial charge >= 0.3 is 0 Å². The van der Waals surface area contributed by atoms with Crippen molar-refractivity contribution in [3.05, 3.63) is 106 Å². The summed E-state index contributed by atoms with van der Waals surface area (Å²) in [6.07, 6.45) is 8.16. The van der Waals surface area contributed by atoms with Gasteiger partial charge in [-0.3, -0.25) is 0 Å². The van der Waals surface area contributed by atoms with Gasteiger partial charge in [-0.05, 0) is 138 Å². The van der Waals surface area contributed by atoms with Crippen molar-refractivity contribution in [1.29, 1.82) is 0 Å². The second-order valence-electron chi connectivity index (χ2n) is 17.4. The van der Waals surface area contributed by atoms with Crippen LogP contribution in [-0.2, 0) is 26.2 Å². The number of hydrogen-bond acceptors (Lipinski definition) is 6. The first-order valence-corrected chi connectivity index (χ1v) is 25.2. The summed E-state index contributed by atoms with van der Waals surface area (Å²) in [4.78, 5) is 0. The number of methoxy groups -OCH3 is 2. The van der Waals surface area contributed by atoms with Crippen LogP contribution in [0.4, 0.5) is 0 Å². The van der Waals surface area contributed by atoms with Crippen LogP contribution in [0.1, 0.15) is 51.4 Å². The minimum absolute atomic E-state index is 0.703. The monoisotopic (exact) mass is 1010 g/mol. The predicted octanol–water partition coefficient (Wildman–Crippen LogP) is 12.3. The molecule has 8 N–H and O–H groups in total. The summed E-state index contributed by atoms with van der Waals surface area (Å²) in [7, 11) is 3.60. The molecular formula is C54H62Br2N8O2. The number of aromatic nitrogens is 4. The number of hydrogen-bond donors (Lipinski definition) is 4. The minimum atomic E-state index is 0.703. The third-order valence-electron chi connectivity index (χ3n) is 13.3. The van der Waals surface area contributed by atoms with Gasteiger partial charge in [0.1, 0.15) is 0 Å². The van der Waals surface area contributed by atoms with E-state index in [-0.39, 0.29) is 0 Å². The van der Waals surface area contributed by atoms with Crippen LogP contribution in [0.5, 0.6) is 11.5 Å². The molecule has 344 valence electrons. The molecule has 12 heteroatoms. The highest BCUT2D eigenvalue weighted by molar-refractivity contribution is 9.10. The number of rotatable bonds is 18. The number of fused-ring (bicyclic) bond motifs is 12. The molecule has 0 aliphatic heterocycles. The Morgan fingerprint density at radius 3 is 0.985 bits per heavy atom. The molecule has 0 unspecified atom stereocenters. The van der Waals surface area contributed by atoms with Gasteiger partial charge in [-0.2, -0.15) is 0 Å². The summed E-state index contributed by atoms with van der Waals surface area (Å²) >= 11 is 7.38. The van der Waals surface area contributed by atoms with E-state index in [1.807, 2.05) is 0 Å². The molecule has 4 heterocycles. The van der Waals surface area contributed by atoms with E-state index < -0.39 is 0 Å². The minimum Gasteiger partial charge on any atom is -0.492 e. The quantitative estimate of drug-likeness (QED) is 0.0631. The maximum Gasteiger partial charge on any atom is 0.167 e. The number of ether oxygens (including phenoxy) is 2. The van der Waals surface area contributed by atoms with Gasteiger partial charge in [0, 0.05) is 100 Å². The van der Waals surface area contributed by atoms with Crippen molar-refractivity contribution in [3.63, 3.8) is 0 Å². The van der Waals surface area contributed by atoms with Gasteiger partial charge in [0.25, 0.3) is 0 Å². The molecule has 0 radical (unpaired) electrons. The highest BCUT2D eigenvalue weighted by Gasteiger charge is 2.25. The number of halogens is 2. The average molecular weight is 1010 g/mol. The second-order valence-corrected chi connectivity index (χ2v) is 19.2. The summed E-state index contributed by atoms with van der Waals surface area (Å²) in [6, 6.07) is 35.2. The van der Waals surface area contributed by atoms with Gasteiger partial charge in [0.15, 0.2) is 11.5 Å². The zero-order valence-corrected chi connectivity index (χ0v) is 41.4.